The van der Waals surface area contributed by atoms with Crippen molar-refractivity contribution in [3.63, 3.8) is 0 Å². The van der Waals surface area contributed by atoms with Crippen LogP contribution in [0.1, 0.15) is 18.1 Å². The number of hydrazone groups is 1. The normalized spacial score (nSPS) is 18.5. The van der Waals surface area contributed by atoms with Crippen LogP contribution in [0.25, 0.3) is 0 Å². The molecule has 19 heavy (non-hydrogen) atoms. The van der Waals surface area contributed by atoms with Gasteiger partial charge in [0, 0.05) is 30.4 Å². The average Bonchev–Trinajstić information content (AvgIpc) is 2.82. The van der Waals surface area contributed by atoms with Crippen molar-refractivity contribution in [1.29, 1.82) is 0 Å². The molecule has 0 fully saturated rings. The van der Waals surface area contributed by atoms with Gasteiger partial charge in [0.1, 0.15) is 0 Å². The monoisotopic (exact) mass is 251 g/mol. The van der Waals surface area contributed by atoms with Gasteiger partial charge in [-0.25, -0.2) is 0 Å². The minimum Gasteiger partial charge on any atom is -0.265 e. The highest BCUT2D eigenvalue weighted by Gasteiger charge is 2.24. The molecule has 1 aromatic heterocycles. The highest BCUT2D eigenvalue weighted by atomic mass is 15.5. The number of benzene rings is 1. The molecule has 0 radical (unpaired) electrons. The molecule has 2 heterocycles. The minimum atomic E-state index is 0.421. The summed E-state index contributed by atoms with van der Waals surface area (Å²) < 4.78 is 0. The molecule has 1 aromatic carbocycles. The molecule has 2 aromatic rings. The maximum Gasteiger partial charge on any atom is 0.0743 e. The van der Waals surface area contributed by atoms with E-state index >= 15 is 0 Å². The Bertz CT molecular complexity index is 604. The molecule has 1 atom stereocenters. The van der Waals surface area contributed by atoms with Crippen LogP contribution in [0.15, 0.2) is 53.9 Å². The fraction of sp³-hybridized carbons (Fsp3) is 0.250. The van der Waals surface area contributed by atoms with Crippen molar-refractivity contribution < 1.29 is 0 Å². The molecular formula is C16H17N3. The zero-order valence-corrected chi connectivity index (χ0v) is 11.2. The summed E-state index contributed by atoms with van der Waals surface area (Å²) >= 11 is 0. The average molecular weight is 251 g/mol. The van der Waals surface area contributed by atoms with Crippen LogP contribution in [0, 0.1) is 12.8 Å². The molecular weight excluding hydrogens is 234 g/mol. The van der Waals surface area contributed by atoms with Crippen molar-refractivity contribution in [3.8, 4) is 0 Å². The molecule has 0 saturated heterocycles. The van der Waals surface area contributed by atoms with Crippen molar-refractivity contribution >= 4 is 11.4 Å². The number of anilines is 1. The third kappa shape index (κ3) is 2.36. The molecule has 0 N–H and O–H groups in total. The first kappa shape index (κ1) is 11.9. The molecule has 1 aliphatic rings. The molecule has 1 aliphatic heterocycles. The van der Waals surface area contributed by atoms with Crippen molar-refractivity contribution in [2.75, 3.05) is 11.6 Å². The molecule has 0 bridgehead atoms. The van der Waals surface area contributed by atoms with Crippen molar-refractivity contribution in [2.24, 2.45) is 11.0 Å². The molecule has 0 spiro atoms. The Kier molecular flexibility index (Phi) is 3.03. The zero-order valence-electron chi connectivity index (χ0n) is 11.2. The van der Waals surface area contributed by atoms with E-state index in [1.54, 1.807) is 6.20 Å². The summed E-state index contributed by atoms with van der Waals surface area (Å²) in [6, 6.07) is 12.5. The number of aryl methyl sites for hydroxylation is 1. The van der Waals surface area contributed by atoms with Crippen LogP contribution in [0.3, 0.4) is 0 Å². The summed E-state index contributed by atoms with van der Waals surface area (Å²) in [5.41, 5.74) is 4.65. The van der Waals surface area contributed by atoms with Gasteiger partial charge in [0.15, 0.2) is 0 Å². The van der Waals surface area contributed by atoms with E-state index in [1.807, 2.05) is 12.3 Å². The van der Waals surface area contributed by atoms with Crippen LogP contribution >= 0.6 is 0 Å². The molecule has 0 aliphatic carbocycles. The molecule has 3 nitrogen and oxygen atoms in total. The first-order chi connectivity index (χ1) is 9.24. The number of pyridine rings is 1. The molecule has 3 heteroatoms. The highest BCUT2D eigenvalue weighted by molar-refractivity contribution is 6.04. The van der Waals surface area contributed by atoms with Crippen LogP contribution < -0.4 is 5.01 Å². The lowest BCUT2D eigenvalue weighted by Gasteiger charge is -2.14. The van der Waals surface area contributed by atoms with Gasteiger partial charge in [-0.3, -0.25) is 9.99 Å². The van der Waals surface area contributed by atoms with Gasteiger partial charge in [-0.1, -0.05) is 19.1 Å². The number of aromatic nitrogens is 1. The lowest BCUT2D eigenvalue weighted by Crippen LogP contribution is -2.17. The summed E-state index contributed by atoms with van der Waals surface area (Å²) in [6.45, 7) is 5.24. The first-order valence-electron chi connectivity index (χ1n) is 6.57. The third-order valence-corrected chi connectivity index (χ3v) is 3.40. The zero-order chi connectivity index (χ0) is 13.2. The van der Waals surface area contributed by atoms with E-state index in [9.17, 15) is 0 Å². The van der Waals surface area contributed by atoms with Gasteiger partial charge in [-0.05, 0) is 36.8 Å². The summed E-state index contributed by atoms with van der Waals surface area (Å²) in [6.07, 6.45) is 3.68. The fourth-order valence-electron chi connectivity index (χ4n) is 2.42. The van der Waals surface area contributed by atoms with Gasteiger partial charge in [0.05, 0.1) is 11.4 Å². The van der Waals surface area contributed by atoms with Gasteiger partial charge < -0.3 is 0 Å². The molecule has 0 amide bonds. The van der Waals surface area contributed by atoms with Crippen molar-refractivity contribution in [3.05, 3.63) is 59.9 Å². The van der Waals surface area contributed by atoms with E-state index in [2.05, 4.69) is 54.2 Å². The minimum absolute atomic E-state index is 0.421. The molecule has 3 rings (SSSR count). The Morgan fingerprint density at radius 2 is 2.11 bits per heavy atom. The predicted octanol–water partition coefficient (Wildman–Crippen LogP) is 3.25. The Hall–Kier alpha value is -2.16. The first-order valence-corrected chi connectivity index (χ1v) is 6.57. The van der Waals surface area contributed by atoms with E-state index in [-0.39, 0.29) is 0 Å². The van der Waals surface area contributed by atoms with E-state index in [0.29, 0.717) is 5.92 Å². The second-order valence-corrected chi connectivity index (χ2v) is 5.05. The highest BCUT2D eigenvalue weighted by Crippen LogP contribution is 2.25. The third-order valence-electron chi connectivity index (χ3n) is 3.40. The lowest BCUT2D eigenvalue weighted by atomic mass is 10.0. The maximum atomic E-state index is 4.76. The largest absolute Gasteiger partial charge is 0.265 e. The van der Waals surface area contributed by atoms with Gasteiger partial charge in [0.2, 0.25) is 0 Å². The molecule has 0 saturated carbocycles. The summed E-state index contributed by atoms with van der Waals surface area (Å²) in [7, 11) is 0. The lowest BCUT2D eigenvalue weighted by molar-refractivity contribution is 0.775. The Balaban J connectivity index is 1.93. The number of rotatable bonds is 2. The van der Waals surface area contributed by atoms with E-state index in [1.165, 1.54) is 5.56 Å². The van der Waals surface area contributed by atoms with Crippen LogP contribution in [-0.2, 0) is 0 Å². The van der Waals surface area contributed by atoms with Crippen LogP contribution in [0.2, 0.25) is 0 Å². The second-order valence-electron chi connectivity index (χ2n) is 5.05. The van der Waals surface area contributed by atoms with Crippen LogP contribution in [0.4, 0.5) is 5.69 Å². The van der Waals surface area contributed by atoms with Crippen LogP contribution in [-0.4, -0.2) is 17.2 Å². The maximum absolute atomic E-state index is 4.76. The van der Waals surface area contributed by atoms with Crippen LogP contribution in [0.5, 0.6) is 0 Å². The smallest absolute Gasteiger partial charge is 0.0743 e. The van der Waals surface area contributed by atoms with E-state index < -0.39 is 0 Å². The Labute approximate surface area is 113 Å². The predicted molar refractivity (Wildman–Crippen MR) is 78.5 cm³/mol. The second kappa shape index (κ2) is 4.84. The van der Waals surface area contributed by atoms with Crippen molar-refractivity contribution in [2.45, 2.75) is 13.8 Å². The fourth-order valence-corrected chi connectivity index (χ4v) is 2.42. The Morgan fingerprint density at radius 1 is 1.21 bits per heavy atom. The standard InChI is InChI=1S/C16H17N3/c1-12-5-3-7-15(9-12)19-11-13(2)16(18-19)14-6-4-8-17-10-14/h3-10,13H,11H2,1-2H3. The topological polar surface area (TPSA) is 28.5 Å². The Morgan fingerprint density at radius 3 is 2.84 bits per heavy atom. The van der Waals surface area contributed by atoms with Crippen molar-refractivity contribution in [1.82, 2.24) is 4.98 Å². The van der Waals surface area contributed by atoms with E-state index in [0.717, 1.165) is 23.5 Å². The molecule has 96 valence electrons. The number of hydrogen-bond donors (Lipinski definition) is 0. The summed E-state index contributed by atoms with van der Waals surface area (Å²) in [5, 5.41) is 6.84. The van der Waals surface area contributed by atoms with Gasteiger partial charge >= 0.3 is 0 Å². The quantitative estimate of drug-likeness (QED) is 0.819. The number of hydrogen-bond acceptors (Lipinski definition) is 3. The summed E-state index contributed by atoms with van der Waals surface area (Å²) in [4.78, 5) is 4.18. The summed E-state index contributed by atoms with van der Waals surface area (Å²) in [5.74, 6) is 0.421. The van der Waals surface area contributed by atoms with Gasteiger partial charge in [-0.2, -0.15) is 5.10 Å². The van der Waals surface area contributed by atoms with E-state index in [4.69, 9.17) is 5.10 Å². The van der Waals surface area contributed by atoms with Gasteiger partial charge in [-0.15, -0.1) is 0 Å². The molecule has 1 unspecified atom stereocenters. The number of nitrogens with zero attached hydrogens (tertiary/aromatic N) is 3. The SMILES string of the molecule is Cc1cccc(N2CC(C)C(c3cccnc3)=N2)c1. The van der Waals surface area contributed by atoms with Gasteiger partial charge in [0.25, 0.3) is 0 Å².